The van der Waals surface area contributed by atoms with E-state index >= 15 is 0 Å². The van der Waals surface area contributed by atoms with Crippen molar-refractivity contribution in [1.29, 1.82) is 0 Å². The van der Waals surface area contributed by atoms with Crippen LogP contribution in [0.1, 0.15) is 20.8 Å². The Balaban J connectivity index is 1.97. The summed E-state index contributed by atoms with van der Waals surface area (Å²) >= 11 is 2.08. The molecule has 2 aromatic carbocycles. The second kappa shape index (κ2) is 8.83. The van der Waals surface area contributed by atoms with Crippen LogP contribution < -0.4 is 10.4 Å². The molecule has 4 atom stereocenters. The Morgan fingerprint density at radius 3 is 1.97 bits per heavy atom. The van der Waals surface area contributed by atoms with E-state index in [1.807, 2.05) is 36.4 Å². The van der Waals surface area contributed by atoms with Crippen molar-refractivity contribution in [1.82, 2.24) is 0 Å². The molecule has 29 heavy (non-hydrogen) atoms. The normalized spacial score (nSPS) is 23.7. The van der Waals surface area contributed by atoms with Crippen LogP contribution in [0.15, 0.2) is 60.7 Å². The molecular weight excluding hydrogens is 502 g/mol. The number of hydrogen-bond acceptors (Lipinski definition) is 4. The second-order valence-electron chi connectivity index (χ2n) is 8.28. The molecule has 1 fully saturated rings. The summed E-state index contributed by atoms with van der Waals surface area (Å²) in [6, 6.07) is 20.4. The third kappa shape index (κ3) is 4.28. The molecule has 1 aliphatic heterocycles. The summed E-state index contributed by atoms with van der Waals surface area (Å²) in [5, 5.41) is 12.1. The molecule has 1 saturated heterocycles. The van der Waals surface area contributed by atoms with Crippen molar-refractivity contribution in [3.05, 3.63) is 60.7 Å². The lowest BCUT2D eigenvalue weighted by Crippen LogP contribution is -2.67. The Bertz CT molecular complexity index is 788. The van der Waals surface area contributed by atoms with Gasteiger partial charge in [-0.1, -0.05) is 104 Å². The number of aliphatic hydroxyl groups excluding tert-OH is 1. The zero-order valence-electron chi connectivity index (χ0n) is 16.7. The van der Waals surface area contributed by atoms with Gasteiger partial charge in [-0.15, -0.1) is 0 Å². The molecule has 2 aromatic rings. The second-order valence-corrected chi connectivity index (χ2v) is 14.2. The summed E-state index contributed by atoms with van der Waals surface area (Å²) in [5.41, 5.74) is 0. The lowest BCUT2D eigenvalue weighted by Gasteiger charge is -2.43. The number of esters is 1. The Labute approximate surface area is 185 Å². The van der Waals surface area contributed by atoms with Gasteiger partial charge >= 0.3 is 5.97 Å². The third-order valence-electron chi connectivity index (χ3n) is 5.35. The fourth-order valence-corrected chi connectivity index (χ4v) is 9.60. The molecule has 1 heterocycles. The van der Waals surface area contributed by atoms with Crippen molar-refractivity contribution < 1.29 is 23.5 Å². The molecule has 1 N–H and O–H groups in total. The molecule has 1 aliphatic rings. The summed E-state index contributed by atoms with van der Waals surface area (Å²) in [7, 11) is -2.74. The Hall–Kier alpha value is -1.29. The van der Waals surface area contributed by atoms with Crippen LogP contribution >= 0.6 is 22.6 Å². The van der Waals surface area contributed by atoms with E-state index in [0.717, 1.165) is 10.4 Å². The quantitative estimate of drug-likeness (QED) is 0.271. The maximum Gasteiger partial charge on any atom is 0.344 e. The highest BCUT2D eigenvalue weighted by atomic mass is 127. The van der Waals surface area contributed by atoms with E-state index in [2.05, 4.69) is 67.6 Å². The SMILES string of the molecule is CC(C)(C)[Si](OC[C@H](I)[C@H]1OC(=O)[C@H](F)[C@@H]1O)(c1ccccc1)c1ccccc1. The molecule has 0 aliphatic carbocycles. The van der Waals surface area contributed by atoms with Crippen LogP contribution in [0.25, 0.3) is 0 Å². The highest BCUT2D eigenvalue weighted by molar-refractivity contribution is 14.1. The molecule has 0 amide bonds. The first-order valence-electron chi connectivity index (χ1n) is 9.60. The monoisotopic (exact) mass is 528 g/mol. The van der Waals surface area contributed by atoms with Gasteiger partial charge in [-0.2, -0.15) is 0 Å². The van der Waals surface area contributed by atoms with Crippen molar-refractivity contribution in [3.63, 3.8) is 0 Å². The van der Waals surface area contributed by atoms with E-state index in [1.165, 1.54) is 0 Å². The number of benzene rings is 2. The maximum absolute atomic E-state index is 13.8. The van der Waals surface area contributed by atoms with Gasteiger partial charge in [-0.25, -0.2) is 9.18 Å². The lowest BCUT2D eigenvalue weighted by molar-refractivity contribution is -0.144. The van der Waals surface area contributed by atoms with Gasteiger partial charge in [0.1, 0.15) is 12.2 Å². The van der Waals surface area contributed by atoms with Crippen molar-refractivity contribution >= 4 is 47.3 Å². The minimum atomic E-state index is -2.74. The zero-order chi connectivity index (χ0) is 21.2. The summed E-state index contributed by atoms with van der Waals surface area (Å²) in [4.78, 5) is 11.5. The molecule has 0 aromatic heterocycles. The van der Waals surface area contributed by atoms with Crippen LogP contribution in [-0.4, -0.2) is 48.3 Å². The Morgan fingerprint density at radius 2 is 1.59 bits per heavy atom. The molecule has 0 bridgehead atoms. The summed E-state index contributed by atoms with van der Waals surface area (Å²) in [6.45, 7) is 6.74. The fourth-order valence-electron chi connectivity index (χ4n) is 3.92. The summed E-state index contributed by atoms with van der Waals surface area (Å²) < 4.78 is 25.2. The maximum atomic E-state index is 13.8. The van der Waals surface area contributed by atoms with Gasteiger partial charge in [-0.3, -0.25) is 0 Å². The first kappa shape index (κ1) is 22.4. The average Bonchev–Trinajstić information content (AvgIpc) is 2.96. The smallest absolute Gasteiger partial charge is 0.344 e. The third-order valence-corrected chi connectivity index (χ3v) is 11.4. The molecule has 3 rings (SSSR count). The fraction of sp³-hybridized carbons (Fsp3) is 0.409. The Kier molecular flexibility index (Phi) is 6.82. The van der Waals surface area contributed by atoms with Gasteiger partial charge in [-0.05, 0) is 15.4 Å². The number of alkyl halides is 2. The van der Waals surface area contributed by atoms with E-state index in [4.69, 9.17) is 9.16 Å². The van der Waals surface area contributed by atoms with Crippen molar-refractivity contribution in [2.75, 3.05) is 6.61 Å². The van der Waals surface area contributed by atoms with Gasteiger partial charge in [0.05, 0.1) is 10.5 Å². The number of carbonyl (C=O) groups excluding carboxylic acids is 1. The van der Waals surface area contributed by atoms with E-state index in [9.17, 15) is 14.3 Å². The largest absolute Gasteiger partial charge is 0.456 e. The van der Waals surface area contributed by atoms with Crippen LogP contribution in [0.3, 0.4) is 0 Å². The number of hydrogen-bond donors (Lipinski definition) is 1. The molecule has 156 valence electrons. The average molecular weight is 528 g/mol. The highest BCUT2D eigenvalue weighted by Gasteiger charge is 2.52. The van der Waals surface area contributed by atoms with Gasteiger partial charge in [0.15, 0.2) is 0 Å². The minimum Gasteiger partial charge on any atom is -0.456 e. The topological polar surface area (TPSA) is 55.8 Å². The number of halogens is 2. The number of carbonyl (C=O) groups is 1. The van der Waals surface area contributed by atoms with E-state index in [-0.39, 0.29) is 15.6 Å². The number of rotatable bonds is 6. The van der Waals surface area contributed by atoms with Crippen LogP contribution in [0.2, 0.25) is 5.04 Å². The van der Waals surface area contributed by atoms with Crippen molar-refractivity contribution in [2.45, 2.75) is 48.1 Å². The highest BCUT2D eigenvalue weighted by Crippen LogP contribution is 2.37. The van der Waals surface area contributed by atoms with Gasteiger partial charge in [0, 0.05) is 0 Å². The standard InChI is InChI=1S/C22H26FIO4Si/c1-22(2,3)29(15-10-6-4-7-11-15,16-12-8-5-9-13-16)27-14-17(24)20-19(25)18(23)21(26)28-20/h4-13,17-20,25H,14H2,1-3H3/t17-,18+,19-,20+/m0/s1. The molecule has 0 unspecified atom stereocenters. The molecule has 0 spiro atoms. The van der Waals surface area contributed by atoms with E-state index in [0.29, 0.717) is 0 Å². The predicted molar refractivity (Wildman–Crippen MR) is 122 cm³/mol. The molecule has 0 saturated carbocycles. The predicted octanol–water partition coefficient (Wildman–Crippen LogP) is 2.99. The molecule has 0 radical (unpaired) electrons. The first-order chi connectivity index (χ1) is 13.7. The van der Waals surface area contributed by atoms with Gasteiger partial charge in [0.25, 0.3) is 8.32 Å². The first-order valence-corrected chi connectivity index (χ1v) is 12.8. The van der Waals surface area contributed by atoms with Crippen LogP contribution in [0.4, 0.5) is 4.39 Å². The molecule has 7 heteroatoms. The van der Waals surface area contributed by atoms with Gasteiger partial charge in [0.2, 0.25) is 6.17 Å². The number of aliphatic hydroxyl groups is 1. The Morgan fingerprint density at radius 1 is 1.10 bits per heavy atom. The van der Waals surface area contributed by atoms with Crippen molar-refractivity contribution in [3.8, 4) is 0 Å². The van der Waals surface area contributed by atoms with E-state index < -0.39 is 32.7 Å². The lowest BCUT2D eigenvalue weighted by atomic mass is 10.1. The summed E-state index contributed by atoms with van der Waals surface area (Å²) in [5.74, 6) is -1.00. The zero-order valence-corrected chi connectivity index (χ0v) is 19.9. The van der Waals surface area contributed by atoms with Crippen LogP contribution in [0, 0.1) is 0 Å². The number of ether oxygens (including phenoxy) is 1. The minimum absolute atomic E-state index is 0.195. The molecular formula is C22H26FIO4Si. The van der Waals surface area contributed by atoms with Gasteiger partial charge < -0.3 is 14.3 Å². The van der Waals surface area contributed by atoms with E-state index in [1.54, 1.807) is 0 Å². The van der Waals surface area contributed by atoms with Crippen LogP contribution in [0.5, 0.6) is 0 Å². The summed E-state index contributed by atoms with van der Waals surface area (Å²) in [6.07, 6.45) is -4.38. The van der Waals surface area contributed by atoms with Crippen LogP contribution in [-0.2, 0) is 14.0 Å². The number of cyclic esters (lactones) is 1. The molecule has 4 nitrogen and oxygen atoms in total. The van der Waals surface area contributed by atoms with Crippen molar-refractivity contribution in [2.24, 2.45) is 0 Å².